The van der Waals surface area contributed by atoms with Crippen LogP contribution in [0.25, 0.3) is 0 Å². The van der Waals surface area contributed by atoms with Crippen LogP contribution in [0.5, 0.6) is 0 Å². The summed E-state index contributed by atoms with van der Waals surface area (Å²) in [5.74, 6) is 0.292. The molecule has 0 spiro atoms. The van der Waals surface area contributed by atoms with Crippen LogP contribution in [0.3, 0.4) is 0 Å². The highest BCUT2D eigenvalue weighted by Crippen LogP contribution is 2.23. The number of hydrogen-bond donors (Lipinski definition) is 1. The van der Waals surface area contributed by atoms with E-state index < -0.39 is 0 Å². The summed E-state index contributed by atoms with van der Waals surface area (Å²) in [7, 11) is 0. The third-order valence-electron chi connectivity index (χ3n) is 2.08. The maximum atomic E-state index is 13.4. The molecule has 0 radical (unpaired) electrons. The molecule has 1 atom stereocenters. The highest BCUT2D eigenvalue weighted by atomic mass is 127. The van der Waals surface area contributed by atoms with Gasteiger partial charge in [0.2, 0.25) is 0 Å². The Kier molecular flexibility index (Phi) is 6.71. The first-order valence-corrected chi connectivity index (χ1v) is 5.79. The lowest BCUT2D eigenvalue weighted by Gasteiger charge is -2.15. The van der Waals surface area contributed by atoms with Crippen molar-refractivity contribution in [1.29, 1.82) is 0 Å². The zero-order valence-corrected chi connectivity index (χ0v) is 11.8. The van der Waals surface area contributed by atoms with E-state index in [1.807, 2.05) is 6.07 Å². The van der Waals surface area contributed by atoms with Gasteiger partial charge < -0.3 is 5.73 Å². The lowest BCUT2D eigenvalue weighted by molar-refractivity contribution is 0.488. The van der Waals surface area contributed by atoms with Gasteiger partial charge in [-0.05, 0) is 53.1 Å². The number of rotatable bonds is 3. The summed E-state index contributed by atoms with van der Waals surface area (Å²) in [4.78, 5) is 0. The number of benzene rings is 1. The lowest BCUT2D eigenvalue weighted by atomic mass is 9.97. The summed E-state index contributed by atoms with van der Waals surface area (Å²) in [6.45, 7) is 4.18. The second-order valence-corrected chi connectivity index (χ2v) is 5.15. The molecule has 0 aliphatic rings. The molecular weight excluding hydrogens is 327 g/mol. The van der Waals surface area contributed by atoms with Gasteiger partial charge in [0.05, 0.1) is 0 Å². The van der Waals surface area contributed by atoms with Gasteiger partial charge in [0, 0.05) is 15.2 Å². The van der Waals surface area contributed by atoms with E-state index in [0.29, 0.717) is 11.5 Å². The predicted molar refractivity (Wildman–Crippen MR) is 72.7 cm³/mol. The first kappa shape index (κ1) is 15.1. The van der Waals surface area contributed by atoms with Crippen molar-refractivity contribution in [2.75, 3.05) is 0 Å². The van der Waals surface area contributed by atoms with E-state index in [-0.39, 0.29) is 24.3 Å². The largest absolute Gasteiger partial charge is 0.324 e. The Balaban J connectivity index is 0.00000196. The van der Waals surface area contributed by atoms with E-state index in [0.717, 1.165) is 9.99 Å². The van der Waals surface area contributed by atoms with Crippen molar-refractivity contribution in [2.24, 2.45) is 11.7 Å². The SMILES string of the molecule is CC(C)C[C@H](N)c1cc(I)ccc1F.Cl. The van der Waals surface area contributed by atoms with Gasteiger partial charge in [-0.2, -0.15) is 0 Å². The molecule has 0 aromatic heterocycles. The normalized spacial score (nSPS) is 12.4. The quantitative estimate of drug-likeness (QED) is 0.828. The van der Waals surface area contributed by atoms with E-state index >= 15 is 0 Å². The van der Waals surface area contributed by atoms with Gasteiger partial charge in [0.1, 0.15) is 5.82 Å². The molecule has 0 aliphatic heterocycles. The molecule has 0 unspecified atom stereocenters. The van der Waals surface area contributed by atoms with Gasteiger partial charge in [-0.15, -0.1) is 12.4 Å². The Morgan fingerprint density at radius 1 is 1.40 bits per heavy atom. The Morgan fingerprint density at radius 3 is 2.53 bits per heavy atom. The van der Waals surface area contributed by atoms with Crippen LogP contribution in [-0.2, 0) is 0 Å². The molecule has 0 saturated heterocycles. The van der Waals surface area contributed by atoms with Gasteiger partial charge >= 0.3 is 0 Å². The minimum atomic E-state index is -0.196. The fraction of sp³-hybridized carbons (Fsp3) is 0.455. The third kappa shape index (κ3) is 4.66. The molecule has 1 nitrogen and oxygen atoms in total. The maximum absolute atomic E-state index is 13.4. The Morgan fingerprint density at radius 2 is 2.00 bits per heavy atom. The van der Waals surface area contributed by atoms with Crippen molar-refractivity contribution in [1.82, 2.24) is 0 Å². The van der Waals surface area contributed by atoms with Gasteiger partial charge in [0.25, 0.3) is 0 Å². The second kappa shape index (κ2) is 6.66. The second-order valence-electron chi connectivity index (χ2n) is 3.90. The monoisotopic (exact) mass is 343 g/mol. The highest BCUT2D eigenvalue weighted by molar-refractivity contribution is 14.1. The number of hydrogen-bond acceptors (Lipinski definition) is 1. The predicted octanol–water partition coefficient (Wildman–Crippen LogP) is 3.90. The molecule has 1 rings (SSSR count). The number of halogens is 3. The highest BCUT2D eigenvalue weighted by Gasteiger charge is 2.12. The molecule has 1 aromatic rings. The Hall–Kier alpha value is 0.130. The van der Waals surface area contributed by atoms with Crippen molar-refractivity contribution in [3.8, 4) is 0 Å². The van der Waals surface area contributed by atoms with Gasteiger partial charge in [-0.3, -0.25) is 0 Å². The fourth-order valence-electron chi connectivity index (χ4n) is 1.43. The molecule has 15 heavy (non-hydrogen) atoms. The van der Waals surface area contributed by atoms with Crippen molar-refractivity contribution in [3.05, 3.63) is 33.1 Å². The minimum Gasteiger partial charge on any atom is -0.324 e. The van der Waals surface area contributed by atoms with Crippen molar-refractivity contribution < 1.29 is 4.39 Å². The van der Waals surface area contributed by atoms with Crippen LogP contribution in [0.1, 0.15) is 31.9 Å². The zero-order valence-electron chi connectivity index (χ0n) is 8.84. The van der Waals surface area contributed by atoms with Crippen molar-refractivity contribution in [2.45, 2.75) is 26.3 Å². The molecule has 0 heterocycles. The Bertz CT molecular complexity index is 317. The summed E-state index contributed by atoms with van der Waals surface area (Å²) < 4.78 is 14.4. The first-order chi connectivity index (χ1) is 6.50. The van der Waals surface area contributed by atoms with E-state index in [2.05, 4.69) is 36.4 Å². The number of nitrogens with two attached hydrogens (primary N) is 1. The van der Waals surface area contributed by atoms with E-state index in [1.165, 1.54) is 6.07 Å². The molecule has 0 saturated carbocycles. The minimum absolute atomic E-state index is 0. The molecule has 0 bridgehead atoms. The molecular formula is C11H16ClFIN. The third-order valence-corrected chi connectivity index (χ3v) is 2.75. The molecule has 0 aliphatic carbocycles. The van der Waals surface area contributed by atoms with Crippen LogP contribution >= 0.6 is 35.0 Å². The molecule has 1 aromatic carbocycles. The molecule has 0 fully saturated rings. The summed E-state index contributed by atoms with van der Waals surface area (Å²) >= 11 is 2.17. The van der Waals surface area contributed by atoms with E-state index in [4.69, 9.17) is 5.73 Å². The molecule has 86 valence electrons. The summed E-state index contributed by atoms with van der Waals surface area (Å²) in [6, 6.07) is 4.87. The van der Waals surface area contributed by atoms with Crippen LogP contribution in [-0.4, -0.2) is 0 Å². The molecule has 4 heteroatoms. The zero-order chi connectivity index (χ0) is 10.7. The Labute approximate surface area is 110 Å². The summed E-state index contributed by atoms with van der Waals surface area (Å²) in [5, 5.41) is 0. The van der Waals surface area contributed by atoms with Crippen LogP contribution in [0.4, 0.5) is 4.39 Å². The van der Waals surface area contributed by atoms with Crippen molar-refractivity contribution in [3.63, 3.8) is 0 Å². The average molecular weight is 344 g/mol. The van der Waals surface area contributed by atoms with Gasteiger partial charge in [0.15, 0.2) is 0 Å². The van der Waals surface area contributed by atoms with E-state index in [1.54, 1.807) is 6.07 Å². The fourth-order valence-corrected chi connectivity index (χ4v) is 1.95. The molecule has 0 amide bonds. The summed E-state index contributed by atoms with van der Waals surface area (Å²) in [5.41, 5.74) is 6.55. The van der Waals surface area contributed by atoms with Crippen molar-refractivity contribution >= 4 is 35.0 Å². The van der Waals surface area contributed by atoms with E-state index in [9.17, 15) is 4.39 Å². The van der Waals surface area contributed by atoms with Crippen LogP contribution < -0.4 is 5.73 Å². The van der Waals surface area contributed by atoms with Crippen LogP contribution in [0, 0.1) is 15.3 Å². The topological polar surface area (TPSA) is 26.0 Å². The maximum Gasteiger partial charge on any atom is 0.128 e. The lowest BCUT2D eigenvalue weighted by Crippen LogP contribution is -2.14. The average Bonchev–Trinajstić information content (AvgIpc) is 2.08. The smallest absolute Gasteiger partial charge is 0.128 e. The van der Waals surface area contributed by atoms with Gasteiger partial charge in [-0.1, -0.05) is 13.8 Å². The molecule has 2 N–H and O–H groups in total. The van der Waals surface area contributed by atoms with Crippen LogP contribution in [0.2, 0.25) is 0 Å². The van der Waals surface area contributed by atoms with Crippen LogP contribution in [0.15, 0.2) is 18.2 Å². The summed E-state index contributed by atoms with van der Waals surface area (Å²) in [6.07, 6.45) is 0.816. The standard InChI is InChI=1S/C11H15FIN.ClH/c1-7(2)5-11(14)9-6-8(13)3-4-10(9)12;/h3-4,6-7,11H,5,14H2,1-2H3;1H/t11-;/m0./s1. The van der Waals surface area contributed by atoms with Gasteiger partial charge in [-0.25, -0.2) is 4.39 Å². The first-order valence-electron chi connectivity index (χ1n) is 4.71.